The van der Waals surface area contributed by atoms with Crippen LogP contribution in [0.2, 0.25) is 0 Å². The van der Waals surface area contributed by atoms with Crippen molar-refractivity contribution in [1.82, 2.24) is 14.9 Å². The second-order valence-electron chi connectivity index (χ2n) is 8.58. The number of nitriles is 1. The molecule has 27 heavy (non-hydrogen) atoms. The van der Waals surface area contributed by atoms with Gasteiger partial charge in [0.05, 0.1) is 11.5 Å². The molecular formula is C20H28N4O3. The predicted molar refractivity (Wildman–Crippen MR) is 99.1 cm³/mol. The molecule has 1 aliphatic heterocycles. The molecule has 0 bridgehead atoms. The van der Waals surface area contributed by atoms with E-state index in [0.29, 0.717) is 25.5 Å². The standard InChI is InChI=1S/C20H28N4O3/c1-19(2,3)27-18(25)24-9-5-16(6-10-24)26-17-22-12-15(13-23-17)11-20(14-21)7-4-8-20/h12-13,16H,4-11H2,1-3H3. The second kappa shape index (κ2) is 7.71. The van der Waals surface area contributed by atoms with Gasteiger partial charge in [-0.25, -0.2) is 14.8 Å². The molecule has 1 aromatic rings. The Morgan fingerprint density at radius 2 is 1.93 bits per heavy atom. The van der Waals surface area contributed by atoms with Crippen molar-refractivity contribution in [2.45, 2.75) is 71.0 Å². The van der Waals surface area contributed by atoms with Gasteiger partial charge in [0.15, 0.2) is 0 Å². The molecule has 1 saturated heterocycles. The Bertz CT molecular complexity index is 693. The lowest BCUT2D eigenvalue weighted by atomic mass is 9.67. The van der Waals surface area contributed by atoms with E-state index in [1.165, 1.54) is 0 Å². The van der Waals surface area contributed by atoms with E-state index < -0.39 is 5.60 Å². The summed E-state index contributed by atoms with van der Waals surface area (Å²) in [6, 6.07) is 2.80. The Morgan fingerprint density at radius 1 is 1.30 bits per heavy atom. The van der Waals surface area contributed by atoms with Crippen molar-refractivity contribution in [3.8, 4) is 12.1 Å². The Hall–Kier alpha value is -2.36. The minimum atomic E-state index is -0.483. The molecule has 1 aliphatic carbocycles. The van der Waals surface area contributed by atoms with Crippen molar-refractivity contribution in [1.29, 1.82) is 5.26 Å². The maximum atomic E-state index is 12.1. The van der Waals surface area contributed by atoms with Gasteiger partial charge in [-0.3, -0.25) is 0 Å². The number of nitrogens with zero attached hydrogens (tertiary/aromatic N) is 4. The fourth-order valence-corrected chi connectivity index (χ4v) is 3.45. The van der Waals surface area contributed by atoms with Gasteiger partial charge in [0.1, 0.15) is 11.7 Å². The first-order valence-corrected chi connectivity index (χ1v) is 9.65. The average molecular weight is 372 g/mol. The number of hydrogen-bond acceptors (Lipinski definition) is 6. The molecule has 3 rings (SSSR count). The third kappa shape index (κ3) is 5.09. The van der Waals surface area contributed by atoms with E-state index in [1.54, 1.807) is 17.3 Å². The highest BCUT2D eigenvalue weighted by atomic mass is 16.6. The summed E-state index contributed by atoms with van der Waals surface area (Å²) in [5.74, 6) is 0. The van der Waals surface area contributed by atoms with E-state index in [-0.39, 0.29) is 17.6 Å². The lowest BCUT2D eigenvalue weighted by Gasteiger charge is -2.35. The average Bonchev–Trinajstić information content (AvgIpc) is 2.59. The van der Waals surface area contributed by atoms with Gasteiger partial charge in [-0.15, -0.1) is 0 Å². The van der Waals surface area contributed by atoms with Crippen LogP contribution in [0, 0.1) is 16.7 Å². The van der Waals surface area contributed by atoms with Gasteiger partial charge in [0, 0.05) is 38.3 Å². The molecule has 0 radical (unpaired) electrons. The fraction of sp³-hybridized carbons (Fsp3) is 0.700. The molecule has 7 heteroatoms. The molecular weight excluding hydrogens is 344 g/mol. The van der Waals surface area contributed by atoms with Crippen LogP contribution in [0.4, 0.5) is 4.79 Å². The van der Waals surface area contributed by atoms with Gasteiger partial charge < -0.3 is 14.4 Å². The summed E-state index contributed by atoms with van der Waals surface area (Å²) in [4.78, 5) is 22.4. The SMILES string of the molecule is CC(C)(C)OC(=O)N1CCC(Oc2ncc(CC3(C#N)CCC3)cn2)CC1. The van der Waals surface area contributed by atoms with Gasteiger partial charge in [-0.2, -0.15) is 5.26 Å². The number of carbonyl (C=O) groups excluding carboxylic acids is 1. The minimum Gasteiger partial charge on any atom is -0.460 e. The quantitative estimate of drug-likeness (QED) is 0.804. The number of aromatic nitrogens is 2. The number of piperidine rings is 1. The summed E-state index contributed by atoms with van der Waals surface area (Å²) in [7, 11) is 0. The van der Waals surface area contributed by atoms with Crippen LogP contribution >= 0.6 is 0 Å². The molecule has 0 unspecified atom stereocenters. The van der Waals surface area contributed by atoms with Gasteiger partial charge in [-0.1, -0.05) is 6.42 Å². The van der Waals surface area contributed by atoms with E-state index in [1.807, 2.05) is 20.8 Å². The number of likely N-dealkylation sites (tertiary alicyclic amines) is 1. The Morgan fingerprint density at radius 3 is 2.41 bits per heavy atom. The summed E-state index contributed by atoms with van der Waals surface area (Å²) in [6.45, 7) is 6.80. The van der Waals surface area contributed by atoms with Crippen LogP contribution in [0.5, 0.6) is 6.01 Å². The van der Waals surface area contributed by atoms with Crippen LogP contribution in [-0.4, -0.2) is 45.8 Å². The van der Waals surface area contributed by atoms with Gasteiger partial charge >= 0.3 is 12.1 Å². The molecule has 2 heterocycles. The molecule has 146 valence electrons. The first-order chi connectivity index (χ1) is 12.8. The topological polar surface area (TPSA) is 88.3 Å². The smallest absolute Gasteiger partial charge is 0.410 e. The normalized spacial score (nSPS) is 19.7. The summed E-state index contributed by atoms with van der Waals surface area (Å²) < 4.78 is 11.3. The highest BCUT2D eigenvalue weighted by Gasteiger charge is 2.37. The van der Waals surface area contributed by atoms with Gasteiger partial charge in [-0.05, 0) is 45.6 Å². The van der Waals surface area contributed by atoms with Crippen molar-refractivity contribution in [3.05, 3.63) is 18.0 Å². The zero-order valence-corrected chi connectivity index (χ0v) is 16.4. The zero-order valence-electron chi connectivity index (χ0n) is 16.4. The van der Waals surface area contributed by atoms with Crippen LogP contribution in [0.3, 0.4) is 0 Å². The minimum absolute atomic E-state index is 0.00776. The first-order valence-electron chi connectivity index (χ1n) is 9.65. The number of ether oxygens (including phenoxy) is 2. The Labute approximate surface area is 160 Å². The third-order valence-corrected chi connectivity index (χ3v) is 5.14. The van der Waals surface area contributed by atoms with Crippen LogP contribution in [0.25, 0.3) is 0 Å². The number of amides is 1. The van der Waals surface area contributed by atoms with Crippen molar-refractivity contribution in [3.63, 3.8) is 0 Å². The largest absolute Gasteiger partial charge is 0.460 e. The summed E-state index contributed by atoms with van der Waals surface area (Å²) in [5.41, 5.74) is 0.271. The van der Waals surface area contributed by atoms with E-state index >= 15 is 0 Å². The molecule has 0 atom stereocenters. The second-order valence-corrected chi connectivity index (χ2v) is 8.58. The molecule has 2 fully saturated rings. The molecule has 7 nitrogen and oxygen atoms in total. The Kier molecular flexibility index (Phi) is 5.54. The summed E-state index contributed by atoms with van der Waals surface area (Å²) in [6.07, 6.45) is 8.43. The third-order valence-electron chi connectivity index (χ3n) is 5.14. The first kappa shape index (κ1) is 19.4. The molecule has 0 spiro atoms. The van der Waals surface area contributed by atoms with E-state index in [4.69, 9.17) is 9.47 Å². The molecule has 1 amide bonds. The molecule has 0 aromatic carbocycles. The lowest BCUT2D eigenvalue weighted by molar-refractivity contribution is 0.0119. The maximum absolute atomic E-state index is 12.1. The van der Waals surface area contributed by atoms with E-state index in [2.05, 4.69) is 16.0 Å². The van der Waals surface area contributed by atoms with E-state index in [0.717, 1.165) is 37.7 Å². The fourth-order valence-electron chi connectivity index (χ4n) is 3.45. The van der Waals surface area contributed by atoms with Crippen molar-refractivity contribution >= 4 is 6.09 Å². The molecule has 2 aliphatic rings. The van der Waals surface area contributed by atoms with Crippen molar-refractivity contribution in [2.75, 3.05) is 13.1 Å². The van der Waals surface area contributed by atoms with Crippen LogP contribution < -0.4 is 4.74 Å². The highest BCUT2D eigenvalue weighted by Crippen LogP contribution is 2.42. The Balaban J connectivity index is 1.46. The van der Waals surface area contributed by atoms with Crippen LogP contribution in [0.1, 0.15) is 58.4 Å². The summed E-state index contributed by atoms with van der Waals surface area (Å²) in [5, 5.41) is 9.34. The highest BCUT2D eigenvalue weighted by molar-refractivity contribution is 5.68. The maximum Gasteiger partial charge on any atom is 0.410 e. The van der Waals surface area contributed by atoms with Crippen LogP contribution in [-0.2, 0) is 11.2 Å². The summed E-state index contributed by atoms with van der Waals surface area (Å²) >= 11 is 0. The van der Waals surface area contributed by atoms with Gasteiger partial charge in [0.25, 0.3) is 0 Å². The number of hydrogen-bond donors (Lipinski definition) is 0. The van der Waals surface area contributed by atoms with Crippen LogP contribution in [0.15, 0.2) is 12.4 Å². The predicted octanol–water partition coefficient (Wildman–Crippen LogP) is 3.49. The molecule has 1 aromatic heterocycles. The van der Waals surface area contributed by atoms with Gasteiger partial charge in [0.2, 0.25) is 0 Å². The monoisotopic (exact) mass is 372 g/mol. The molecule has 0 N–H and O–H groups in total. The van der Waals surface area contributed by atoms with Crippen molar-refractivity contribution < 1.29 is 14.3 Å². The number of carbonyl (C=O) groups is 1. The van der Waals surface area contributed by atoms with Crippen molar-refractivity contribution in [2.24, 2.45) is 5.41 Å². The van der Waals surface area contributed by atoms with E-state index in [9.17, 15) is 10.1 Å². The zero-order chi connectivity index (χ0) is 19.5. The number of rotatable bonds is 4. The lowest BCUT2D eigenvalue weighted by Crippen LogP contribution is -2.44. The molecule has 1 saturated carbocycles.